The van der Waals surface area contributed by atoms with Gasteiger partial charge >= 0.3 is 0 Å². The first-order valence-electron chi connectivity index (χ1n) is 8.80. The minimum absolute atomic E-state index is 0.0860. The molecule has 3 aromatic rings. The van der Waals surface area contributed by atoms with Gasteiger partial charge in [0.25, 0.3) is 0 Å². The number of carbonyl (C=O) groups excluding carboxylic acids is 1. The van der Waals surface area contributed by atoms with Crippen LogP contribution in [0.4, 0.5) is 0 Å². The molecule has 138 valence electrons. The predicted molar refractivity (Wildman–Crippen MR) is 109 cm³/mol. The first-order chi connectivity index (χ1) is 13.1. The Morgan fingerprint density at radius 3 is 2.41 bits per heavy atom. The average Bonchev–Trinajstić information content (AvgIpc) is 2.71. The highest BCUT2D eigenvalue weighted by molar-refractivity contribution is 5.92. The molecule has 1 atom stereocenters. The molecule has 1 amide bonds. The maximum absolute atomic E-state index is 12.3. The number of rotatable bonds is 6. The summed E-state index contributed by atoms with van der Waals surface area (Å²) < 4.78 is 10.5. The van der Waals surface area contributed by atoms with Crippen molar-refractivity contribution in [3.05, 3.63) is 77.9 Å². The maximum atomic E-state index is 12.3. The summed E-state index contributed by atoms with van der Waals surface area (Å²) in [6.07, 6.45) is 3.28. The Morgan fingerprint density at radius 2 is 1.67 bits per heavy atom. The van der Waals surface area contributed by atoms with Gasteiger partial charge in [-0.1, -0.05) is 42.5 Å². The Balaban J connectivity index is 1.68. The van der Waals surface area contributed by atoms with Crippen molar-refractivity contribution in [3.8, 4) is 11.5 Å². The lowest BCUT2D eigenvalue weighted by molar-refractivity contribution is -0.117. The molecular weight excluding hydrogens is 338 g/mol. The second kappa shape index (κ2) is 8.41. The summed E-state index contributed by atoms with van der Waals surface area (Å²) in [6.45, 7) is 1.98. The standard InChI is InChI=1S/C23H23NO3/c1-16(19-11-10-18-6-4-5-7-20(18)15-19)24-23(25)13-9-17-8-12-21(26-2)22(14-17)27-3/h4-16H,1-3H3,(H,24,25). The van der Waals surface area contributed by atoms with Gasteiger partial charge in [-0.15, -0.1) is 0 Å². The first-order valence-corrected chi connectivity index (χ1v) is 8.80. The van der Waals surface area contributed by atoms with E-state index in [0.717, 1.165) is 16.5 Å². The molecular formula is C23H23NO3. The van der Waals surface area contributed by atoms with Gasteiger partial charge in [-0.3, -0.25) is 4.79 Å². The first kappa shape index (κ1) is 18.5. The number of benzene rings is 3. The molecule has 0 aliphatic heterocycles. The number of nitrogens with one attached hydrogen (secondary N) is 1. The molecule has 4 heteroatoms. The molecule has 1 unspecified atom stereocenters. The van der Waals surface area contributed by atoms with Crippen molar-refractivity contribution in [2.75, 3.05) is 14.2 Å². The van der Waals surface area contributed by atoms with Gasteiger partial charge in [0.15, 0.2) is 11.5 Å². The molecule has 0 bridgehead atoms. The van der Waals surface area contributed by atoms with Crippen molar-refractivity contribution >= 4 is 22.8 Å². The van der Waals surface area contributed by atoms with Crippen molar-refractivity contribution in [1.82, 2.24) is 5.32 Å². The smallest absolute Gasteiger partial charge is 0.244 e. The Labute approximate surface area is 159 Å². The van der Waals surface area contributed by atoms with Gasteiger partial charge in [0.1, 0.15) is 0 Å². The lowest BCUT2D eigenvalue weighted by Crippen LogP contribution is -2.24. The molecule has 27 heavy (non-hydrogen) atoms. The Hall–Kier alpha value is -3.27. The van der Waals surface area contributed by atoms with Gasteiger partial charge in [-0.2, -0.15) is 0 Å². The highest BCUT2D eigenvalue weighted by Crippen LogP contribution is 2.28. The lowest BCUT2D eigenvalue weighted by Gasteiger charge is -2.14. The third-order valence-electron chi connectivity index (χ3n) is 4.47. The van der Waals surface area contributed by atoms with Crippen molar-refractivity contribution in [1.29, 1.82) is 0 Å². The van der Waals surface area contributed by atoms with E-state index in [9.17, 15) is 4.79 Å². The van der Waals surface area contributed by atoms with Crippen molar-refractivity contribution in [3.63, 3.8) is 0 Å². The van der Waals surface area contributed by atoms with Crippen LogP contribution in [0.15, 0.2) is 66.7 Å². The Kier molecular flexibility index (Phi) is 5.77. The lowest BCUT2D eigenvalue weighted by atomic mass is 10.0. The fourth-order valence-electron chi connectivity index (χ4n) is 2.95. The molecule has 0 fully saturated rings. The van der Waals surface area contributed by atoms with Crippen LogP contribution < -0.4 is 14.8 Å². The average molecular weight is 361 g/mol. The van der Waals surface area contributed by atoms with Crippen molar-refractivity contribution in [2.45, 2.75) is 13.0 Å². The molecule has 0 aliphatic carbocycles. The van der Waals surface area contributed by atoms with Crippen LogP contribution >= 0.6 is 0 Å². The minimum atomic E-state index is -0.148. The second-order valence-electron chi connectivity index (χ2n) is 6.28. The molecule has 0 aliphatic rings. The molecule has 0 heterocycles. The van der Waals surface area contributed by atoms with E-state index in [2.05, 4.69) is 29.6 Å². The molecule has 0 radical (unpaired) electrons. The summed E-state index contributed by atoms with van der Waals surface area (Å²) in [6, 6.07) is 19.8. The maximum Gasteiger partial charge on any atom is 0.244 e. The second-order valence-corrected chi connectivity index (χ2v) is 6.28. The fraction of sp³-hybridized carbons (Fsp3) is 0.174. The summed E-state index contributed by atoms with van der Waals surface area (Å²) in [5.74, 6) is 1.14. The minimum Gasteiger partial charge on any atom is -0.493 e. The van der Waals surface area contributed by atoms with Crippen LogP contribution in [0, 0.1) is 0 Å². The quantitative estimate of drug-likeness (QED) is 0.645. The normalized spacial score (nSPS) is 12.1. The van der Waals surface area contributed by atoms with E-state index >= 15 is 0 Å². The number of fused-ring (bicyclic) bond motifs is 1. The van der Waals surface area contributed by atoms with Gasteiger partial charge in [0, 0.05) is 6.08 Å². The molecule has 1 N–H and O–H groups in total. The highest BCUT2D eigenvalue weighted by Gasteiger charge is 2.08. The van der Waals surface area contributed by atoms with E-state index in [0.29, 0.717) is 11.5 Å². The number of amides is 1. The van der Waals surface area contributed by atoms with E-state index in [4.69, 9.17) is 9.47 Å². The summed E-state index contributed by atoms with van der Waals surface area (Å²) in [4.78, 5) is 12.3. The van der Waals surface area contributed by atoms with E-state index in [-0.39, 0.29) is 11.9 Å². The van der Waals surface area contributed by atoms with Crippen molar-refractivity contribution < 1.29 is 14.3 Å². The highest BCUT2D eigenvalue weighted by atomic mass is 16.5. The molecule has 0 saturated carbocycles. The van der Waals surface area contributed by atoms with E-state index < -0.39 is 0 Å². The van der Waals surface area contributed by atoms with Gasteiger partial charge in [0.2, 0.25) is 5.91 Å². The topological polar surface area (TPSA) is 47.6 Å². The zero-order chi connectivity index (χ0) is 19.2. The molecule has 4 nitrogen and oxygen atoms in total. The van der Waals surface area contributed by atoms with Crippen LogP contribution in [0.1, 0.15) is 24.1 Å². The van der Waals surface area contributed by atoms with Gasteiger partial charge < -0.3 is 14.8 Å². The van der Waals surface area contributed by atoms with Crippen molar-refractivity contribution in [2.24, 2.45) is 0 Å². The molecule has 0 spiro atoms. The summed E-state index contributed by atoms with van der Waals surface area (Å²) >= 11 is 0. The van der Waals surface area contributed by atoms with Crippen LogP contribution in [0.25, 0.3) is 16.8 Å². The predicted octanol–water partition coefficient (Wildman–Crippen LogP) is 4.75. The SMILES string of the molecule is COc1ccc(C=CC(=O)NC(C)c2ccc3ccccc3c2)cc1OC. The largest absolute Gasteiger partial charge is 0.493 e. The molecule has 0 aromatic heterocycles. The Morgan fingerprint density at radius 1 is 0.926 bits per heavy atom. The molecule has 3 aromatic carbocycles. The third-order valence-corrected chi connectivity index (χ3v) is 4.47. The van der Waals surface area contributed by atoms with Crippen LogP contribution in [0.5, 0.6) is 11.5 Å². The zero-order valence-electron chi connectivity index (χ0n) is 15.7. The fourth-order valence-corrected chi connectivity index (χ4v) is 2.95. The molecule has 0 saturated heterocycles. The number of methoxy groups -OCH3 is 2. The number of ether oxygens (including phenoxy) is 2. The van der Waals surface area contributed by atoms with Crippen LogP contribution in [-0.2, 0) is 4.79 Å². The third kappa shape index (κ3) is 4.47. The van der Waals surface area contributed by atoms with Gasteiger partial charge in [0.05, 0.1) is 20.3 Å². The summed E-state index contributed by atoms with van der Waals surface area (Å²) in [7, 11) is 3.18. The summed E-state index contributed by atoms with van der Waals surface area (Å²) in [5, 5.41) is 5.35. The van der Waals surface area contributed by atoms with Crippen LogP contribution in [0.2, 0.25) is 0 Å². The monoisotopic (exact) mass is 361 g/mol. The summed E-state index contributed by atoms with van der Waals surface area (Å²) in [5.41, 5.74) is 1.93. The van der Waals surface area contributed by atoms with Crippen LogP contribution in [0.3, 0.4) is 0 Å². The van der Waals surface area contributed by atoms with E-state index in [1.54, 1.807) is 20.3 Å². The van der Waals surface area contributed by atoms with Crippen LogP contribution in [-0.4, -0.2) is 20.1 Å². The number of hydrogen-bond acceptors (Lipinski definition) is 3. The number of hydrogen-bond donors (Lipinski definition) is 1. The van der Waals surface area contributed by atoms with Gasteiger partial charge in [-0.25, -0.2) is 0 Å². The van der Waals surface area contributed by atoms with Gasteiger partial charge in [-0.05, 0) is 53.1 Å². The zero-order valence-corrected chi connectivity index (χ0v) is 15.7. The number of carbonyl (C=O) groups is 1. The molecule has 3 rings (SSSR count). The Bertz CT molecular complexity index is 978. The van der Waals surface area contributed by atoms with E-state index in [1.165, 1.54) is 11.5 Å². The van der Waals surface area contributed by atoms with E-state index in [1.807, 2.05) is 43.3 Å².